The third-order valence-electron chi connectivity index (χ3n) is 5.51. The largest absolute Gasteiger partial charge is 0.454 e. The second kappa shape index (κ2) is 10.1. The fourth-order valence-corrected chi connectivity index (χ4v) is 4.60. The van der Waals surface area contributed by atoms with Crippen LogP contribution >= 0.6 is 46.4 Å². The lowest BCUT2D eigenvalue weighted by Gasteiger charge is -2.27. The van der Waals surface area contributed by atoms with Crippen molar-refractivity contribution in [2.75, 3.05) is 11.9 Å². The third-order valence-corrected chi connectivity index (χ3v) is 7.31. The van der Waals surface area contributed by atoms with Crippen LogP contribution in [-0.4, -0.2) is 41.2 Å². The summed E-state index contributed by atoms with van der Waals surface area (Å²) in [7, 11) is 0. The van der Waals surface area contributed by atoms with Crippen LogP contribution in [0.1, 0.15) is 45.7 Å². The van der Waals surface area contributed by atoms with Crippen LogP contribution in [0.4, 0.5) is 5.69 Å². The van der Waals surface area contributed by atoms with Crippen molar-refractivity contribution in [3.05, 3.63) is 60.5 Å². The second-order valence-electron chi connectivity index (χ2n) is 8.08. The summed E-state index contributed by atoms with van der Waals surface area (Å²) in [6, 6.07) is 4.07. The van der Waals surface area contributed by atoms with Crippen LogP contribution in [-0.2, 0) is 14.3 Å². The highest BCUT2D eigenvalue weighted by atomic mass is 35.5. The molecule has 7 nitrogen and oxygen atoms in total. The number of carbonyl (C=O) groups excluding carboxylic acids is 4. The maximum absolute atomic E-state index is 13.1. The summed E-state index contributed by atoms with van der Waals surface area (Å²) in [5.74, 6) is -3.79. The lowest BCUT2D eigenvalue weighted by Crippen LogP contribution is -2.49. The molecule has 2 aromatic carbocycles. The van der Waals surface area contributed by atoms with Crippen LogP contribution in [0.15, 0.2) is 18.2 Å². The van der Waals surface area contributed by atoms with Crippen molar-refractivity contribution in [1.29, 1.82) is 0 Å². The zero-order valence-electron chi connectivity index (χ0n) is 18.6. The van der Waals surface area contributed by atoms with Gasteiger partial charge in [0.2, 0.25) is 0 Å². The SMILES string of the molecule is Cc1cccc(NC(=O)COC(=O)[C@@H](C(C)C)N2C(=O)c3c(Cl)c(Cl)c(Cl)c(Cl)c3C2=O)c1C. The van der Waals surface area contributed by atoms with Crippen molar-refractivity contribution in [2.24, 2.45) is 5.92 Å². The van der Waals surface area contributed by atoms with Crippen molar-refractivity contribution >= 4 is 75.8 Å². The van der Waals surface area contributed by atoms with E-state index in [9.17, 15) is 19.2 Å². The zero-order valence-corrected chi connectivity index (χ0v) is 21.6. The molecule has 0 radical (unpaired) electrons. The number of imide groups is 1. The van der Waals surface area contributed by atoms with Crippen LogP contribution in [0, 0.1) is 19.8 Å². The average Bonchev–Trinajstić information content (AvgIpc) is 3.03. The van der Waals surface area contributed by atoms with Gasteiger partial charge in [-0.15, -0.1) is 0 Å². The molecule has 0 aromatic heterocycles. The number of anilines is 1. The number of amides is 3. The fourth-order valence-electron chi connectivity index (χ4n) is 3.59. The quantitative estimate of drug-likeness (QED) is 0.217. The van der Waals surface area contributed by atoms with Gasteiger partial charge < -0.3 is 10.1 Å². The Morgan fingerprint density at radius 1 is 0.941 bits per heavy atom. The van der Waals surface area contributed by atoms with E-state index < -0.39 is 42.3 Å². The maximum atomic E-state index is 13.1. The number of halogens is 4. The van der Waals surface area contributed by atoms with Gasteiger partial charge in [0.25, 0.3) is 17.7 Å². The second-order valence-corrected chi connectivity index (χ2v) is 9.59. The summed E-state index contributed by atoms with van der Waals surface area (Å²) >= 11 is 24.4. The summed E-state index contributed by atoms with van der Waals surface area (Å²) in [5.41, 5.74) is 1.96. The molecule has 2 aromatic rings. The van der Waals surface area contributed by atoms with Crippen molar-refractivity contribution in [3.63, 3.8) is 0 Å². The Labute approximate surface area is 216 Å². The summed E-state index contributed by atoms with van der Waals surface area (Å²) in [6.45, 7) is 6.38. The lowest BCUT2D eigenvalue weighted by molar-refractivity contribution is -0.152. The summed E-state index contributed by atoms with van der Waals surface area (Å²) in [4.78, 5) is 52.2. The average molecular weight is 546 g/mol. The van der Waals surface area contributed by atoms with E-state index in [1.54, 1.807) is 26.0 Å². The molecular formula is C23H20Cl4N2O5. The fraction of sp³-hybridized carbons (Fsp3) is 0.304. The number of benzene rings is 2. The molecule has 1 heterocycles. The van der Waals surface area contributed by atoms with Crippen molar-refractivity contribution in [2.45, 2.75) is 33.7 Å². The van der Waals surface area contributed by atoms with Crippen molar-refractivity contribution in [1.82, 2.24) is 4.90 Å². The Morgan fingerprint density at radius 2 is 1.47 bits per heavy atom. The molecular weight excluding hydrogens is 526 g/mol. The molecule has 1 N–H and O–H groups in total. The van der Waals surface area contributed by atoms with Gasteiger partial charge >= 0.3 is 5.97 Å². The van der Waals surface area contributed by atoms with E-state index in [4.69, 9.17) is 51.1 Å². The maximum Gasteiger partial charge on any atom is 0.330 e. The van der Waals surface area contributed by atoms with Gasteiger partial charge in [0.15, 0.2) is 6.61 Å². The van der Waals surface area contributed by atoms with E-state index >= 15 is 0 Å². The van der Waals surface area contributed by atoms with Crippen LogP contribution < -0.4 is 5.32 Å². The van der Waals surface area contributed by atoms with E-state index in [0.29, 0.717) is 10.6 Å². The monoisotopic (exact) mass is 544 g/mol. The molecule has 1 aliphatic rings. The topological polar surface area (TPSA) is 92.8 Å². The Hall–Kier alpha value is -2.32. The molecule has 0 fully saturated rings. The number of esters is 1. The molecule has 0 unspecified atom stereocenters. The minimum Gasteiger partial charge on any atom is -0.454 e. The van der Waals surface area contributed by atoms with Gasteiger partial charge in [-0.25, -0.2) is 4.79 Å². The van der Waals surface area contributed by atoms with Crippen molar-refractivity contribution < 1.29 is 23.9 Å². The highest BCUT2D eigenvalue weighted by Gasteiger charge is 2.48. The normalized spacial score (nSPS) is 13.9. The Kier molecular flexibility index (Phi) is 7.82. The Bertz CT molecular complexity index is 1180. The molecule has 3 rings (SSSR count). The van der Waals surface area contributed by atoms with Gasteiger partial charge in [0, 0.05) is 5.69 Å². The highest BCUT2D eigenvalue weighted by Crippen LogP contribution is 2.45. The molecule has 180 valence electrons. The summed E-state index contributed by atoms with van der Waals surface area (Å²) < 4.78 is 5.17. The molecule has 11 heteroatoms. The van der Waals surface area contributed by atoms with E-state index in [2.05, 4.69) is 5.32 Å². The minimum atomic E-state index is -1.34. The molecule has 0 saturated heterocycles. The molecule has 3 amide bonds. The first-order valence-corrected chi connectivity index (χ1v) is 11.7. The molecule has 0 spiro atoms. The highest BCUT2D eigenvalue weighted by molar-refractivity contribution is 6.55. The first-order valence-electron chi connectivity index (χ1n) is 10.1. The number of hydrogen-bond donors (Lipinski definition) is 1. The van der Waals surface area contributed by atoms with Crippen LogP contribution in [0.25, 0.3) is 0 Å². The number of nitrogens with zero attached hydrogens (tertiary/aromatic N) is 1. The molecule has 1 atom stereocenters. The van der Waals surface area contributed by atoms with Gasteiger partial charge in [-0.3, -0.25) is 19.3 Å². The van der Waals surface area contributed by atoms with Crippen LogP contribution in [0.3, 0.4) is 0 Å². The molecule has 0 saturated carbocycles. The number of nitrogens with one attached hydrogen (secondary N) is 1. The number of fused-ring (bicyclic) bond motifs is 1. The minimum absolute atomic E-state index is 0.179. The lowest BCUT2D eigenvalue weighted by atomic mass is 10.0. The van der Waals surface area contributed by atoms with Crippen molar-refractivity contribution in [3.8, 4) is 0 Å². The first kappa shape index (κ1) is 26.3. The summed E-state index contributed by atoms with van der Waals surface area (Å²) in [6.07, 6.45) is 0. The third kappa shape index (κ3) is 4.62. The van der Waals surface area contributed by atoms with E-state index in [0.717, 1.165) is 11.1 Å². The number of aryl methyl sites for hydroxylation is 1. The van der Waals surface area contributed by atoms with Gasteiger partial charge in [0.05, 0.1) is 31.2 Å². The van der Waals surface area contributed by atoms with E-state index in [1.165, 1.54) is 0 Å². The predicted octanol–water partition coefficient (Wildman–Crippen LogP) is 5.72. The standard InChI is InChI=1S/C23H20Cl4N2O5/c1-9(2)20(23(33)34-8-13(30)28-12-7-5-6-10(3)11(12)4)29-21(31)14-15(22(29)32)17(25)19(27)18(26)16(14)24/h5-7,9,20H,8H2,1-4H3,(H,28,30)/t20-/m1/s1. The molecule has 34 heavy (non-hydrogen) atoms. The van der Waals surface area contributed by atoms with E-state index in [1.807, 2.05) is 19.9 Å². The zero-order chi connectivity index (χ0) is 25.5. The first-order chi connectivity index (χ1) is 15.9. The van der Waals surface area contributed by atoms with Gasteiger partial charge in [0.1, 0.15) is 6.04 Å². The number of rotatable bonds is 6. The van der Waals surface area contributed by atoms with Crippen LogP contribution in [0.5, 0.6) is 0 Å². The van der Waals surface area contributed by atoms with Gasteiger partial charge in [-0.1, -0.05) is 72.4 Å². The smallest absolute Gasteiger partial charge is 0.330 e. The number of hydrogen-bond acceptors (Lipinski definition) is 5. The molecule has 1 aliphatic heterocycles. The Morgan fingerprint density at radius 3 is 1.97 bits per heavy atom. The van der Waals surface area contributed by atoms with Gasteiger partial charge in [-0.2, -0.15) is 0 Å². The van der Waals surface area contributed by atoms with Crippen LogP contribution in [0.2, 0.25) is 20.1 Å². The Balaban J connectivity index is 1.81. The number of carbonyl (C=O) groups is 4. The predicted molar refractivity (Wildman–Crippen MR) is 131 cm³/mol. The summed E-state index contributed by atoms with van der Waals surface area (Å²) in [5, 5.41) is 1.84. The van der Waals surface area contributed by atoms with E-state index in [-0.39, 0.29) is 31.2 Å². The molecule has 0 bridgehead atoms. The van der Waals surface area contributed by atoms with Gasteiger partial charge in [-0.05, 0) is 37.0 Å². The number of ether oxygens (including phenoxy) is 1. The molecule has 0 aliphatic carbocycles.